The van der Waals surface area contributed by atoms with E-state index in [4.69, 9.17) is 10.5 Å². The molecular formula is C19H22F2N6O2. The molecule has 1 saturated carbocycles. The molecule has 1 amide bonds. The molecule has 2 aliphatic rings. The second-order valence-electron chi connectivity index (χ2n) is 7.41. The Hall–Kier alpha value is -3.04. The fourth-order valence-corrected chi connectivity index (χ4v) is 3.61. The summed E-state index contributed by atoms with van der Waals surface area (Å²) in [6.45, 7) is -0.626. The maximum Gasteiger partial charge on any atom is 0.282 e. The number of amides is 1. The number of nitrogens with two attached hydrogens (primary N) is 1. The lowest BCUT2D eigenvalue weighted by atomic mass is 9.93. The van der Waals surface area contributed by atoms with E-state index in [1.165, 1.54) is 4.90 Å². The molecule has 10 heteroatoms. The molecule has 3 N–H and O–H groups in total. The number of nitrogens with one attached hydrogen (secondary N) is 1. The van der Waals surface area contributed by atoms with E-state index in [2.05, 4.69) is 20.3 Å². The van der Waals surface area contributed by atoms with Gasteiger partial charge in [-0.05, 0) is 43.9 Å². The third-order valence-corrected chi connectivity index (χ3v) is 5.13. The van der Waals surface area contributed by atoms with Crippen LogP contribution in [0.4, 0.5) is 20.5 Å². The van der Waals surface area contributed by atoms with E-state index in [1.54, 1.807) is 30.6 Å². The number of hydrogen-bond donors (Lipinski definition) is 2. The number of pyridine rings is 1. The molecule has 1 aliphatic heterocycles. The Labute approximate surface area is 166 Å². The first-order valence-electron chi connectivity index (χ1n) is 9.53. The molecule has 2 aromatic heterocycles. The highest BCUT2D eigenvalue weighted by Crippen LogP contribution is 2.31. The van der Waals surface area contributed by atoms with E-state index >= 15 is 0 Å². The summed E-state index contributed by atoms with van der Waals surface area (Å²) < 4.78 is 32.0. The third kappa shape index (κ3) is 4.52. The van der Waals surface area contributed by atoms with E-state index in [-0.39, 0.29) is 36.7 Å². The van der Waals surface area contributed by atoms with Crippen molar-refractivity contribution in [3.8, 4) is 5.88 Å². The maximum atomic E-state index is 13.1. The Morgan fingerprint density at radius 1 is 1.17 bits per heavy atom. The minimum absolute atomic E-state index is 0.0587. The lowest BCUT2D eigenvalue weighted by Gasteiger charge is -2.39. The van der Waals surface area contributed by atoms with Gasteiger partial charge < -0.3 is 20.7 Å². The Morgan fingerprint density at radius 2 is 1.93 bits per heavy atom. The van der Waals surface area contributed by atoms with Gasteiger partial charge in [0.1, 0.15) is 17.5 Å². The van der Waals surface area contributed by atoms with E-state index in [1.807, 2.05) is 0 Å². The number of nitrogens with zero attached hydrogens (tertiary/aromatic N) is 4. The first kappa shape index (κ1) is 19.3. The van der Waals surface area contributed by atoms with Gasteiger partial charge in [0.25, 0.3) is 11.8 Å². The molecule has 29 heavy (non-hydrogen) atoms. The van der Waals surface area contributed by atoms with Crippen molar-refractivity contribution in [2.45, 2.75) is 43.8 Å². The Balaban J connectivity index is 1.30. The van der Waals surface area contributed by atoms with Gasteiger partial charge in [-0.2, -0.15) is 4.98 Å². The van der Waals surface area contributed by atoms with Gasteiger partial charge in [0.15, 0.2) is 0 Å². The Morgan fingerprint density at radius 3 is 2.62 bits per heavy atom. The summed E-state index contributed by atoms with van der Waals surface area (Å²) in [5.74, 6) is -2.01. The zero-order chi connectivity index (χ0) is 20.4. The average Bonchev–Trinajstić information content (AvgIpc) is 2.68. The van der Waals surface area contributed by atoms with E-state index in [0.717, 1.165) is 25.7 Å². The lowest BCUT2D eigenvalue weighted by Crippen LogP contribution is -2.56. The number of halogens is 2. The van der Waals surface area contributed by atoms with Crippen molar-refractivity contribution in [2.24, 2.45) is 5.73 Å². The summed E-state index contributed by atoms with van der Waals surface area (Å²) >= 11 is 0. The number of aromatic nitrogens is 3. The number of carbonyl (C=O) groups excluding carboxylic acids is 1. The molecular weight excluding hydrogens is 382 g/mol. The average molecular weight is 404 g/mol. The van der Waals surface area contributed by atoms with Crippen LogP contribution in [-0.2, 0) is 0 Å². The maximum absolute atomic E-state index is 13.1. The number of carbonyl (C=O) groups is 1. The first-order valence-corrected chi connectivity index (χ1v) is 9.53. The minimum Gasteiger partial charge on any atom is -0.474 e. The highest BCUT2D eigenvalue weighted by Gasteiger charge is 2.44. The van der Waals surface area contributed by atoms with Gasteiger partial charge in [-0.1, -0.05) is 0 Å². The second kappa shape index (κ2) is 7.76. The molecule has 0 atom stereocenters. The number of rotatable bonds is 6. The third-order valence-electron chi connectivity index (χ3n) is 5.13. The number of alkyl halides is 2. The molecule has 0 aromatic carbocycles. The molecule has 2 aromatic rings. The van der Waals surface area contributed by atoms with Crippen molar-refractivity contribution < 1.29 is 18.3 Å². The zero-order valence-electron chi connectivity index (χ0n) is 15.7. The van der Waals surface area contributed by atoms with Crippen LogP contribution in [0, 0.1) is 0 Å². The molecule has 3 heterocycles. The van der Waals surface area contributed by atoms with Crippen molar-refractivity contribution in [1.29, 1.82) is 0 Å². The van der Waals surface area contributed by atoms with Crippen LogP contribution < -0.4 is 20.7 Å². The summed E-state index contributed by atoms with van der Waals surface area (Å²) in [4.78, 5) is 25.7. The van der Waals surface area contributed by atoms with Crippen LogP contribution in [0.5, 0.6) is 5.88 Å². The van der Waals surface area contributed by atoms with Crippen molar-refractivity contribution in [3.63, 3.8) is 0 Å². The van der Waals surface area contributed by atoms with Crippen molar-refractivity contribution >= 4 is 17.7 Å². The molecule has 0 bridgehead atoms. The molecule has 2 fully saturated rings. The standard InChI is InChI=1S/C19H22F2N6O2/c20-19(21)10-27(11-19)15-7-9-24-18(26-15)25-12-3-5-13(6-4-12)29-17-14(16(22)28)2-1-8-23-17/h1-2,7-9,12-13H,3-6,10-11H2,(H2,22,28)(H,24,25,26)/t12-,13-. The fourth-order valence-electron chi connectivity index (χ4n) is 3.61. The van der Waals surface area contributed by atoms with Crippen molar-refractivity contribution in [3.05, 3.63) is 36.2 Å². The largest absolute Gasteiger partial charge is 0.474 e. The molecule has 8 nitrogen and oxygen atoms in total. The minimum atomic E-state index is -2.64. The normalized spacial score (nSPS) is 23.2. The van der Waals surface area contributed by atoms with Crippen LogP contribution in [0.25, 0.3) is 0 Å². The monoisotopic (exact) mass is 404 g/mol. The van der Waals surface area contributed by atoms with Crippen LogP contribution >= 0.6 is 0 Å². The molecule has 0 unspecified atom stereocenters. The van der Waals surface area contributed by atoms with E-state index < -0.39 is 11.8 Å². The molecule has 0 radical (unpaired) electrons. The molecule has 1 saturated heterocycles. The Bertz CT molecular complexity index is 881. The van der Waals surface area contributed by atoms with Crippen LogP contribution in [0.2, 0.25) is 0 Å². The number of hydrogen-bond acceptors (Lipinski definition) is 7. The predicted molar refractivity (Wildman–Crippen MR) is 102 cm³/mol. The zero-order valence-corrected chi connectivity index (χ0v) is 15.7. The SMILES string of the molecule is NC(=O)c1cccnc1O[C@H]1CC[C@H](Nc2nccc(N3CC(F)(F)C3)n2)CC1. The number of anilines is 2. The molecule has 4 rings (SSSR count). The van der Waals surface area contributed by atoms with Crippen LogP contribution in [0.3, 0.4) is 0 Å². The van der Waals surface area contributed by atoms with Gasteiger partial charge in [0.2, 0.25) is 11.8 Å². The van der Waals surface area contributed by atoms with Crippen LogP contribution in [0.1, 0.15) is 36.0 Å². The van der Waals surface area contributed by atoms with Gasteiger partial charge in [-0.15, -0.1) is 0 Å². The van der Waals surface area contributed by atoms with Gasteiger partial charge in [0.05, 0.1) is 13.1 Å². The summed E-state index contributed by atoms with van der Waals surface area (Å²) in [6, 6.07) is 5.02. The summed E-state index contributed by atoms with van der Waals surface area (Å²) in [5.41, 5.74) is 5.64. The number of primary amides is 1. The summed E-state index contributed by atoms with van der Waals surface area (Å²) in [6.07, 6.45) is 6.25. The van der Waals surface area contributed by atoms with E-state index in [0.29, 0.717) is 11.8 Å². The quantitative estimate of drug-likeness (QED) is 0.760. The predicted octanol–water partition coefficient (Wildman–Crippen LogP) is 2.23. The topological polar surface area (TPSA) is 106 Å². The first-order chi connectivity index (χ1) is 13.9. The smallest absolute Gasteiger partial charge is 0.282 e. The van der Waals surface area contributed by atoms with Gasteiger partial charge in [0, 0.05) is 18.4 Å². The lowest BCUT2D eigenvalue weighted by molar-refractivity contribution is -0.0267. The second-order valence-corrected chi connectivity index (χ2v) is 7.41. The molecule has 1 aliphatic carbocycles. The van der Waals surface area contributed by atoms with Crippen LogP contribution in [0.15, 0.2) is 30.6 Å². The van der Waals surface area contributed by atoms with Gasteiger partial charge >= 0.3 is 0 Å². The van der Waals surface area contributed by atoms with Crippen LogP contribution in [-0.4, -0.2) is 52.0 Å². The molecule has 0 spiro atoms. The Kier molecular flexibility index (Phi) is 5.16. The number of ether oxygens (including phenoxy) is 1. The fraction of sp³-hybridized carbons (Fsp3) is 0.474. The van der Waals surface area contributed by atoms with Crippen molar-refractivity contribution in [1.82, 2.24) is 15.0 Å². The summed E-state index contributed by atoms with van der Waals surface area (Å²) in [7, 11) is 0. The van der Waals surface area contributed by atoms with Gasteiger partial charge in [-0.3, -0.25) is 4.79 Å². The van der Waals surface area contributed by atoms with Gasteiger partial charge in [-0.25, -0.2) is 18.7 Å². The highest BCUT2D eigenvalue weighted by molar-refractivity contribution is 5.94. The van der Waals surface area contributed by atoms with Crippen molar-refractivity contribution in [2.75, 3.05) is 23.3 Å². The summed E-state index contributed by atoms with van der Waals surface area (Å²) in [5, 5.41) is 3.28. The highest BCUT2D eigenvalue weighted by atomic mass is 19.3. The molecule has 154 valence electrons. The van der Waals surface area contributed by atoms with E-state index in [9.17, 15) is 13.6 Å².